The molecule has 144 valence electrons. The van der Waals surface area contributed by atoms with E-state index < -0.39 is 9.84 Å². The molecule has 0 aromatic heterocycles. The third kappa shape index (κ3) is 4.84. The van der Waals surface area contributed by atoms with Gasteiger partial charge in [0, 0.05) is 44.3 Å². The first-order valence-corrected chi connectivity index (χ1v) is 11.3. The van der Waals surface area contributed by atoms with E-state index >= 15 is 0 Å². The average Bonchev–Trinajstić information content (AvgIpc) is 3.15. The minimum absolute atomic E-state index is 0.101. The van der Waals surface area contributed by atoms with Crippen LogP contribution in [0.2, 0.25) is 0 Å². The molecule has 2 aliphatic heterocycles. The van der Waals surface area contributed by atoms with Crippen molar-refractivity contribution < 1.29 is 13.2 Å². The van der Waals surface area contributed by atoms with E-state index in [0.29, 0.717) is 19.6 Å². The molecule has 3 rings (SSSR count). The second kappa shape index (κ2) is 8.50. The van der Waals surface area contributed by atoms with Crippen molar-refractivity contribution in [3.05, 3.63) is 35.4 Å². The number of amides is 1. The van der Waals surface area contributed by atoms with E-state index in [-0.39, 0.29) is 23.5 Å². The fraction of sp³-hybridized carbons (Fsp3) is 0.632. The molecule has 1 N–H and O–H groups in total. The van der Waals surface area contributed by atoms with Gasteiger partial charge in [0.05, 0.1) is 11.5 Å². The molecule has 0 bridgehead atoms. The third-order valence-corrected chi connectivity index (χ3v) is 6.83. The lowest BCUT2D eigenvalue weighted by Crippen LogP contribution is -2.42. The van der Waals surface area contributed by atoms with Crippen molar-refractivity contribution in [2.75, 3.05) is 44.2 Å². The molecule has 6 nitrogen and oxygen atoms in total. The minimum atomic E-state index is -2.86. The first kappa shape index (κ1) is 19.3. The summed E-state index contributed by atoms with van der Waals surface area (Å²) in [5, 5.41) is 3.34. The van der Waals surface area contributed by atoms with Gasteiger partial charge in [0.1, 0.15) is 0 Å². The van der Waals surface area contributed by atoms with Gasteiger partial charge < -0.3 is 10.2 Å². The summed E-state index contributed by atoms with van der Waals surface area (Å²) in [6.45, 7) is 6.54. The summed E-state index contributed by atoms with van der Waals surface area (Å²) in [6.07, 6.45) is 1.96. The van der Waals surface area contributed by atoms with Crippen molar-refractivity contribution in [1.82, 2.24) is 15.1 Å². The normalized spacial score (nSPS) is 23.0. The summed E-state index contributed by atoms with van der Waals surface area (Å²) in [7, 11) is -2.86. The van der Waals surface area contributed by atoms with Crippen LogP contribution < -0.4 is 5.32 Å². The van der Waals surface area contributed by atoms with Crippen LogP contribution >= 0.6 is 0 Å². The lowest BCUT2D eigenvalue weighted by molar-refractivity contribution is 0.0692. The van der Waals surface area contributed by atoms with Crippen molar-refractivity contribution in [3.63, 3.8) is 0 Å². The Kier molecular flexibility index (Phi) is 6.32. The number of benzene rings is 1. The molecule has 1 amide bonds. The molecule has 1 atom stereocenters. The van der Waals surface area contributed by atoms with Gasteiger partial charge >= 0.3 is 0 Å². The fourth-order valence-corrected chi connectivity index (χ4v) is 5.01. The Morgan fingerprint density at radius 1 is 1.31 bits per heavy atom. The zero-order chi connectivity index (χ0) is 18.6. The van der Waals surface area contributed by atoms with Crippen LogP contribution in [0.4, 0.5) is 0 Å². The Morgan fingerprint density at radius 2 is 2.08 bits per heavy atom. The maximum Gasteiger partial charge on any atom is 0.254 e. The molecule has 0 saturated carbocycles. The predicted molar refractivity (Wildman–Crippen MR) is 103 cm³/mol. The maximum atomic E-state index is 13.1. The van der Waals surface area contributed by atoms with Crippen LogP contribution in [0.3, 0.4) is 0 Å². The smallest absolute Gasteiger partial charge is 0.254 e. The standard InChI is InChI=1S/C19H29N3O3S/c1-2-8-22(18-6-7-20-14-18)19(23)17-5-3-4-16(13-17)15-21-9-11-26(24,25)12-10-21/h3-5,13,18,20H,2,6-12,14-15H2,1H3/t18-/m1/s1. The van der Waals surface area contributed by atoms with Crippen LogP contribution in [-0.4, -0.2) is 74.4 Å². The summed E-state index contributed by atoms with van der Waals surface area (Å²) in [5.74, 6) is 0.554. The van der Waals surface area contributed by atoms with E-state index in [2.05, 4.69) is 17.1 Å². The number of rotatable bonds is 6. The zero-order valence-electron chi connectivity index (χ0n) is 15.5. The number of nitrogens with zero attached hydrogens (tertiary/aromatic N) is 2. The third-order valence-electron chi connectivity index (χ3n) is 5.22. The summed E-state index contributed by atoms with van der Waals surface area (Å²) < 4.78 is 23.1. The highest BCUT2D eigenvalue weighted by atomic mass is 32.2. The number of hydrogen-bond donors (Lipinski definition) is 1. The topological polar surface area (TPSA) is 69.7 Å². The Labute approximate surface area is 156 Å². The van der Waals surface area contributed by atoms with E-state index in [1.807, 2.05) is 29.2 Å². The van der Waals surface area contributed by atoms with E-state index in [4.69, 9.17) is 0 Å². The van der Waals surface area contributed by atoms with Gasteiger partial charge in [0.15, 0.2) is 9.84 Å². The van der Waals surface area contributed by atoms with E-state index in [1.165, 1.54) is 0 Å². The number of hydrogen-bond acceptors (Lipinski definition) is 5. The Balaban J connectivity index is 1.68. The van der Waals surface area contributed by atoms with Gasteiger partial charge in [-0.3, -0.25) is 9.69 Å². The molecular weight excluding hydrogens is 350 g/mol. The van der Waals surface area contributed by atoms with Gasteiger partial charge in [0.2, 0.25) is 0 Å². The first-order chi connectivity index (χ1) is 12.5. The van der Waals surface area contributed by atoms with Gasteiger partial charge in [0.25, 0.3) is 5.91 Å². The second-order valence-corrected chi connectivity index (χ2v) is 9.58. The molecule has 1 aromatic rings. The van der Waals surface area contributed by atoms with Crippen molar-refractivity contribution in [3.8, 4) is 0 Å². The largest absolute Gasteiger partial charge is 0.334 e. The van der Waals surface area contributed by atoms with Crippen LogP contribution in [0, 0.1) is 0 Å². The molecule has 7 heteroatoms. The molecule has 0 spiro atoms. The zero-order valence-corrected chi connectivity index (χ0v) is 16.3. The van der Waals surface area contributed by atoms with Crippen LogP contribution in [0.1, 0.15) is 35.7 Å². The van der Waals surface area contributed by atoms with Gasteiger partial charge in [-0.2, -0.15) is 0 Å². The molecule has 2 aliphatic rings. The molecular formula is C19H29N3O3S. The van der Waals surface area contributed by atoms with Crippen molar-refractivity contribution in [2.45, 2.75) is 32.4 Å². The van der Waals surface area contributed by atoms with Gasteiger partial charge in [-0.25, -0.2) is 8.42 Å². The Morgan fingerprint density at radius 3 is 2.73 bits per heavy atom. The summed E-state index contributed by atoms with van der Waals surface area (Å²) >= 11 is 0. The van der Waals surface area contributed by atoms with Crippen LogP contribution in [-0.2, 0) is 16.4 Å². The number of sulfone groups is 1. The predicted octanol–water partition coefficient (Wildman–Crippen LogP) is 1.13. The van der Waals surface area contributed by atoms with Crippen molar-refractivity contribution in [1.29, 1.82) is 0 Å². The van der Waals surface area contributed by atoms with Crippen LogP contribution in [0.5, 0.6) is 0 Å². The van der Waals surface area contributed by atoms with Crippen molar-refractivity contribution in [2.24, 2.45) is 0 Å². The molecule has 0 aliphatic carbocycles. The Hall–Kier alpha value is -1.44. The molecule has 0 unspecified atom stereocenters. The van der Waals surface area contributed by atoms with Crippen LogP contribution in [0.15, 0.2) is 24.3 Å². The summed E-state index contributed by atoms with van der Waals surface area (Å²) in [5.41, 5.74) is 1.80. The first-order valence-electron chi connectivity index (χ1n) is 9.52. The number of carbonyl (C=O) groups is 1. The molecule has 1 aromatic carbocycles. The average molecular weight is 380 g/mol. The summed E-state index contributed by atoms with van der Waals surface area (Å²) in [4.78, 5) is 17.2. The highest BCUT2D eigenvalue weighted by Crippen LogP contribution is 2.17. The second-order valence-electron chi connectivity index (χ2n) is 7.27. The van der Waals surface area contributed by atoms with E-state index in [0.717, 1.165) is 43.6 Å². The Bertz CT molecular complexity index is 715. The fourth-order valence-electron chi connectivity index (χ4n) is 3.73. The highest BCUT2D eigenvalue weighted by Gasteiger charge is 2.27. The molecule has 0 radical (unpaired) electrons. The lowest BCUT2D eigenvalue weighted by Gasteiger charge is -2.29. The minimum Gasteiger partial charge on any atom is -0.334 e. The molecule has 26 heavy (non-hydrogen) atoms. The van der Waals surface area contributed by atoms with Gasteiger partial charge in [-0.05, 0) is 37.1 Å². The van der Waals surface area contributed by atoms with Crippen LogP contribution in [0.25, 0.3) is 0 Å². The van der Waals surface area contributed by atoms with E-state index in [1.54, 1.807) is 0 Å². The molecule has 2 saturated heterocycles. The highest BCUT2D eigenvalue weighted by molar-refractivity contribution is 7.91. The number of nitrogens with one attached hydrogen (secondary N) is 1. The van der Waals surface area contributed by atoms with Crippen molar-refractivity contribution >= 4 is 15.7 Å². The number of carbonyl (C=O) groups excluding carboxylic acids is 1. The van der Waals surface area contributed by atoms with Gasteiger partial charge in [-0.15, -0.1) is 0 Å². The van der Waals surface area contributed by atoms with Gasteiger partial charge in [-0.1, -0.05) is 19.1 Å². The summed E-state index contributed by atoms with van der Waals surface area (Å²) in [6, 6.07) is 8.08. The quantitative estimate of drug-likeness (QED) is 0.802. The monoisotopic (exact) mass is 379 g/mol. The lowest BCUT2D eigenvalue weighted by atomic mass is 10.1. The maximum absolute atomic E-state index is 13.1. The SMILES string of the molecule is CCCN(C(=O)c1cccc(CN2CCS(=O)(=O)CC2)c1)[C@@H]1CCNC1. The molecule has 2 heterocycles. The molecule has 2 fully saturated rings. The van der Waals surface area contributed by atoms with E-state index in [9.17, 15) is 13.2 Å².